The molecule has 2 amide bonds. The molecular formula is C23H28N2O7. The first-order valence-electron chi connectivity index (χ1n) is 10.7. The molecule has 0 aliphatic carbocycles. The summed E-state index contributed by atoms with van der Waals surface area (Å²) in [4.78, 5) is 41.9. The number of amides is 2. The predicted molar refractivity (Wildman–Crippen MR) is 115 cm³/mol. The number of aryl methyl sites for hydroxylation is 1. The van der Waals surface area contributed by atoms with E-state index in [4.69, 9.17) is 18.6 Å². The van der Waals surface area contributed by atoms with E-state index in [2.05, 4.69) is 0 Å². The van der Waals surface area contributed by atoms with Crippen LogP contribution in [0.5, 0.6) is 11.5 Å². The van der Waals surface area contributed by atoms with Crippen molar-refractivity contribution < 1.29 is 33.0 Å². The van der Waals surface area contributed by atoms with Gasteiger partial charge in [-0.1, -0.05) is 6.92 Å². The highest BCUT2D eigenvalue weighted by atomic mass is 16.5. The Morgan fingerprint density at radius 3 is 2.56 bits per heavy atom. The van der Waals surface area contributed by atoms with Crippen LogP contribution in [0.3, 0.4) is 0 Å². The Morgan fingerprint density at radius 2 is 1.94 bits per heavy atom. The zero-order valence-electron chi connectivity index (χ0n) is 19.0. The minimum atomic E-state index is -0.376. The average molecular weight is 444 g/mol. The highest BCUT2D eigenvalue weighted by Gasteiger charge is 2.50. The van der Waals surface area contributed by atoms with Crippen LogP contribution in [0.2, 0.25) is 0 Å². The van der Waals surface area contributed by atoms with Crippen LogP contribution in [0, 0.1) is 12.8 Å². The molecule has 2 aliphatic rings. The predicted octanol–water partition coefficient (Wildman–Crippen LogP) is 2.38. The topological polar surface area (TPSA) is 98.5 Å². The molecule has 2 saturated heterocycles. The average Bonchev–Trinajstić information content (AvgIpc) is 3.35. The number of esters is 1. The molecule has 3 heterocycles. The number of fused-ring (bicyclic) bond motifs is 2. The number of hydrogen-bond acceptors (Lipinski definition) is 7. The molecule has 0 radical (unpaired) electrons. The van der Waals surface area contributed by atoms with Gasteiger partial charge in [0.1, 0.15) is 6.54 Å². The summed E-state index contributed by atoms with van der Waals surface area (Å²) in [7, 11) is 4.40. The summed E-state index contributed by atoms with van der Waals surface area (Å²) in [6, 6.07) is 3.14. The van der Waals surface area contributed by atoms with Crippen LogP contribution in [-0.2, 0) is 14.3 Å². The van der Waals surface area contributed by atoms with Gasteiger partial charge in [0.25, 0.3) is 5.91 Å². The third-order valence-electron chi connectivity index (χ3n) is 6.64. The molecule has 9 nitrogen and oxygen atoms in total. The second kappa shape index (κ2) is 8.37. The van der Waals surface area contributed by atoms with Crippen LogP contribution in [0.1, 0.15) is 35.9 Å². The molecule has 3 atom stereocenters. The lowest BCUT2D eigenvalue weighted by Crippen LogP contribution is -2.57. The van der Waals surface area contributed by atoms with Crippen molar-refractivity contribution in [3.63, 3.8) is 0 Å². The number of rotatable bonds is 5. The highest BCUT2D eigenvalue weighted by molar-refractivity contribution is 6.02. The Morgan fingerprint density at radius 1 is 1.19 bits per heavy atom. The molecule has 172 valence electrons. The number of ether oxygens (including phenoxy) is 3. The summed E-state index contributed by atoms with van der Waals surface area (Å²) in [5.41, 5.74) is 1.10. The third-order valence-corrected chi connectivity index (χ3v) is 6.64. The number of nitrogens with zero attached hydrogens (tertiary/aromatic N) is 2. The van der Waals surface area contributed by atoms with Crippen LogP contribution in [0.25, 0.3) is 11.0 Å². The lowest BCUT2D eigenvalue weighted by Gasteiger charge is -2.39. The number of hydrogen-bond donors (Lipinski definition) is 0. The Hall–Kier alpha value is -3.23. The Kier molecular flexibility index (Phi) is 5.75. The first-order valence-corrected chi connectivity index (χ1v) is 10.7. The molecule has 0 unspecified atom stereocenters. The summed E-state index contributed by atoms with van der Waals surface area (Å²) < 4.78 is 21.7. The summed E-state index contributed by atoms with van der Waals surface area (Å²) in [5, 5.41) is 0.744. The minimum absolute atomic E-state index is 0.0589. The largest absolute Gasteiger partial charge is 0.493 e. The molecule has 0 bridgehead atoms. The molecule has 1 aromatic carbocycles. The fourth-order valence-electron chi connectivity index (χ4n) is 5.13. The van der Waals surface area contributed by atoms with Crippen LogP contribution in [-0.4, -0.2) is 74.1 Å². The van der Waals surface area contributed by atoms with E-state index in [1.54, 1.807) is 17.9 Å². The highest BCUT2D eigenvalue weighted by Crippen LogP contribution is 2.40. The molecule has 1 aromatic heterocycles. The van der Waals surface area contributed by atoms with E-state index < -0.39 is 0 Å². The first-order chi connectivity index (χ1) is 15.4. The molecule has 0 saturated carbocycles. The van der Waals surface area contributed by atoms with Gasteiger partial charge in [-0.05, 0) is 31.9 Å². The van der Waals surface area contributed by atoms with Crippen molar-refractivity contribution in [1.82, 2.24) is 9.80 Å². The number of piperazine rings is 1. The molecule has 2 fully saturated rings. The van der Waals surface area contributed by atoms with Crippen molar-refractivity contribution in [3.05, 3.63) is 23.5 Å². The van der Waals surface area contributed by atoms with Crippen molar-refractivity contribution in [2.75, 3.05) is 34.4 Å². The summed E-state index contributed by atoms with van der Waals surface area (Å²) in [6.45, 7) is 4.04. The van der Waals surface area contributed by atoms with Crippen LogP contribution >= 0.6 is 0 Å². The smallest absolute Gasteiger partial charge is 0.310 e. The van der Waals surface area contributed by atoms with Gasteiger partial charge in [-0.15, -0.1) is 0 Å². The Balaban J connectivity index is 1.64. The fraction of sp³-hybridized carbons (Fsp3) is 0.522. The quantitative estimate of drug-likeness (QED) is 0.653. The Labute approximate surface area is 186 Å². The van der Waals surface area contributed by atoms with Gasteiger partial charge in [0.05, 0.1) is 33.3 Å². The van der Waals surface area contributed by atoms with E-state index >= 15 is 0 Å². The van der Waals surface area contributed by atoms with Gasteiger partial charge in [-0.3, -0.25) is 14.4 Å². The van der Waals surface area contributed by atoms with Gasteiger partial charge in [0.15, 0.2) is 17.1 Å². The number of methoxy groups -OCH3 is 3. The van der Waals surface area contributed by atoms with E-state index in [0.717, 1.165) is 5.39 Å². The second-order valence-electron chi connectivity index (χ2n) is 8.22. The van der Waals surface area contributed by atoms with Crippen LogP contribution in [0.4, 0.5) is 0 Å². The lowest BCUT2D eigenvalue weighted by atomic mass is 9.97. The molecular weight excluding hydrogens is 416 g/mol. The lowest BCUT2D eigenvalue weighted by molar-refractivity contribution is -0.147. The zero-order chi connectivity index (χ0) is 23.2. The minimum Gasteiger partial charge on any atom is -0.493 e. The summed E-state index contributed by atoms with van der Waals surface area (Å²) >= 11 is 0. The van der Waals surface area contributed by atoms with Crippen molar-refractivity contribution in [1.29, 1.82) is 0 Å². The van der Waals surface area contributed by atoms with Crippen LogP contribution < -0.4 is 9.47 Å². The molecule has 32 heavy (non-hydrogen) atoms. The van der Waals surface area contributed by atoms with Gasteiger partial charge >= 0.3 is 5.97 Å². The number of furan rings is 1. The van der Waals surface area contributed by atoms with Gasteiger partial charge in [0.2, 0.25) is 11.7 Å². The maximum Gasteiger partial charge on any atom is 0.310 e. The molecule has 0 N–H and O–H groups in total. The number of carbonyl (C=O) groups excluding carboxylic acids is 3. The molecule has 2 aromatic rings. The molecule has 4 rings (SSSR count). The molecule has 2 aliphatic heterocycles. The monoisotopic (exact) mass is 444 g/mol. The van der Waals surface area contributed by atoms with E-state index in [1.165, 1.54) is 26.2 Å². The van der Waals surface area contributed by atoms with Gasteiger partial charge in [-0.2, -0.15) is 0 Å². The number of benzene rings is 1. The second-order valence-corrected chi connectivity index (χ2v) is 8.22. The van der Waals surface area contributed by atoms with Crippen molar-refractivity contribution >= 4 is 28.8 Å². The van der Waals surface area contributed by atoms with Crippen LogP contribution in [0.15, 0.2) is 16.5 Å². The molecule has 9 heteroatoms. The summed E-state index contributed by atoms with van der Waals surface area (Å²) in [6.07, 6.45) is 1.13. The number of carbonyl (C=O) groups is 3. The summed E-state index contributed by atoms with van der Waals surface area (Å²) in [5.74, 6) is -0.132. The fourth-order valence-corrected chi connectivity index (χ4v) is 5.13. The van der Waals surface area contributed by atoms with E-state index in [0.29, 0.717) is 42.0 Å². The molecule has 0 spiro atoms. The van der Waals surface area contributed by atoms with Gasteiger partial charge < -0.3 is 28.4 Å². The van der Waals surface area contributed by atoms with E-state index in [9.17, 15) is 14.4 Å². The van der Waals surface area contributed by atoms with E-state index in [1.807, 2.05) is 13.0 Å². The van der Waals surface area contributed by atoms with Gasteiger partial charge in [-0.25, -0.2) is 0 Å². The van der Waals surface area contributed by atoms with Crippen molar-refractivity contribution in [2.45, 2.75) is 38.8 Å². The third kappa shape index (κ3) is 3.27. The maximum atomic E-state index is 13.4. The van der Waals surface area contributed by atoms with Gasteiger partial charge in [0, 0.05) is 23.5 Å². The normalized spacial score (nSPS) is 22.8. The SMILES string of the molecule is CC[C@H]1[C@@H](C(=O)OC)C[C@H]2CN(C(=O)c3oc4c(OC)c(OC)ccc4c3C)CC(=O)N21. The van der Waals surface area contributed by atoms with Crippen molar-refractivity contribution in [2.24, 2.45) is 5.92 Å². The zero-order valence-corrected chi connectivity index (χ0v) is 19.0. The van der Waals surface area contributed by atoms with Crippen molar-refractivity contribution in [3.8, 4) is 11.5 Å². The maximum absolute atomic E-state index is 13.4. The first kappa shape index (κ1) is 22.0. The standard InChI is InChI=1S/C23H28N2O7/c1-6-16-15(23(28)31-5)9-13-10-24(11-18(26)25(13)16)22(27)19-12(2)14-7-8-17(29-3)21(30-4)20(14)32-19/h7-8,13,15-16H,6,9-11H2,1-5H3/t13-,15-,16-/m0/s1. The Bertz CT molecular complexity index is 1080. The van der Waals surface area contributed by atoms with E-state index in [-0.39, 0.29) is 48.1 Å².